The van der Waals surface area contributed by atoms with Crippen molar-refractivity contribution < 1.29 is 19.1 Å². The largest absolute Gasteiger partial charge is 0.497 e. The van der Waals surface area contributed by atoms with E-state index < -0.39 is 6.04 Å². The van der Waals surface area contributed by atoms with Gasteiger partial charge in [0, 0.05) is 23.9 Å². The minimum atomic E-state index is -0.741. The second-order valence-electron chi connectivity index (χ2n) is 7.50. The zero-order valence-electron chi connectivity index (χ0n) is 17.9. The van der Waals surface area contributed by atoms with E-state index >= 15 is 0 Å². The number of hydrogen-bond donors (Lipinski definition) is 3. The number of rotatable bonds is 6. The Morgan fingerprint density at radius 2 is 1.69 bits per heavy atom. The molecule has 2 heterocycles. The van der Waals surface area contributed by atoms with E-state index in [1.807, 2.05) is 31.2 Å². The van der Waals surface area contributed by atoms with Gasteiger partial charge >= 0.3 is 0 Å². The van der Waals surface area contributed by atoms with Crippen molar-refractivity contribution >= 4 is 34.9 Å². The third kappa shape index (κ3) is 4.18. The van der Waals surface area contributed by atoms with Gasteiger partial charge in [-0.05, 0) is 48.9 Å². The van der Waals surface area contributed by atoms with E-state index in [9.17, 15) is 14.4 Å². The molecule has 164 valence electrons. The van der Waals surface area contributed by atoms with Gasteiger partial charge in [-0.25, -0.2) is 4.68 Å². The molecule has 0 aliphatic carbocycles. The number of aryl methyl sites for hydroxylation is 1. The molecular weight excluding hydrogens is 410 g/mol. The Labute approximate surface area is 184 Å². The summed E-state index contributed by atoms with van der Waals surface area (Å²) in [5.74, 6) is 0.547. The van der Waals surface area contributed by atoms with E-state index in [2.05, 4.69) is 21.0 Å². The molecule has 1 aliphatic rings. The van der Waals surface area contributed by atoms with Gasteiger partial charge in [0.1, 0.15) is 17.6 Å². The van der Waals surface area contributed by atoms with Gasteiger partial charge in [0.15, 0.2) is 0 Å². The molecule has 1 aromatic heterocycles. The number of anilines is 3. The number of hydrogen-bond acceptors (Lipinski definition) is 5. The molecule has 0 saturated carbocycles. The van der Waals surface area contributed by atoms with Crippen LogP contribution in [0.3, 0.4) is 0 Å². The Morgan fingerprint density at radius 1 is 1.06 bits per heavy atom. The number of benzene rings is 2. The molecule has 9 heteroatoms. The van der Waals surface area contributed by atoms with Crippen molar-refractivity contribution in [2.24, 2.45) is 0 Å². The van der Waals surface area contributed by atoms with Gasteiger partial charge in [0.2, 0.25) is 11.8 Å². The minimum absolute atomic E-state index is 0.0601. The van der Waals surface area contributed by atoms with Gasteiger partial charge in [-0.2, -0.15) is 5.10 Å². The average Bonchev–Trinajstić information content (AvgIpc) is 3.23. The maximum atomic E-state index is 12.6. The van der Waals surface area contributed by atoms with Crippen molar-refractivity contribution in [1.82, 2.24) is 9.78 Å². The van der Waals surface area contributed by atoms with Gasteiger partial charge < -0.3 is 20.7 Å². The minimum Gasteiger partial charge on any atom is -0.497 e. The highest BCUT2D eigenvalue weighted by molar-refractivity contribution is 6.04. The van der Waals surface area contributed by atoms with Crippen molar-refractivity contribution in [2.75, 3.05) is 23.1 Å². The lowest BCUT2D eigenvalue weighted by Crippen LogP contribution is -2.23. The highest BCUT2D eigenvalue weighted by Gasteiger charge is 2.36. The van der Waals surface area contributed by atoms with Crippen LogP contribution in [0.15, 0.2) is 48.5 Å². The Balaban J connectivity index is 1.49. The van der Waals surface area contributed by atoms with Crippen molar-refractivity contribution in [1.29, 1.82) is 0 Å². The fourth-order valence-corrected chi connectivity index (χ4v) is 3.71. The molecule has 32 heavy (non-hydrogen) atoms. The number of carbonyl (C=O) groups is 3. The van der Waals surface area contributed by atoms with E-state index in [1.54, 1.807) is 36.1 Å². The Kier molecular flexibility index (Phi) is 5.63. The Hall–Kier alpha value is -4.14. The van der Waals surface area contributed by atoms with Crippen LogP contribution in [0.1, 0.15) is 25.1 Å². The van der Waals surface area contributed by atoms with Crippen molar-refractivity contribution in [3.8, 4) is 16.9 Å². The lowest BCUT2D eigenvalue weighted by molar-refractivity contribution is -0.123. The number of methoxy groups -OCH3 is 1. The van der Waals surface area contributed by atoms with E-state index in [4.69, 9.17) is 4.74 Å². The molecule has 2 aromatic carbocycles. The van der Waals surface area contributed by atoms with Gasteiger partial charge in [-0.1, -0.05) is 12.1 Å². The normalized spacial score (nSPS) is 14.5. The lowest BCUT2D eigenvalue weighted by Gasteiger charge is -2.10. The van der Waals surface area contributed by atoms with Gasteiger partial charge in [0.25, 0.3) is 5.91 Å². The average molecular weight is 433 g/mol. The molecule has 0 fully saturated rings. The molecule has 0 bridgehead atoms. The maximum absolute atomic E-state index is 12.6. The number of amides is 3. The summed E-state index contributed by atoms with van der Waals surface area (Å²) in [7, 11) is 1.60. The monoisotopic (exact) mass is 433 g/mol. The van der Waals surface area contributed by atoms with Crippen LogP contribution >= 0.6 is 0 Å². The number of ether oxygens (including phenoxy) is 1. The van der Waals surface area contributed by atoms with E-state index in [0.717, 1.165) is 22.6 Å². The number of nitrogens with one attached hydrogen (secondary N) is 3. The summed E-state index contributed by atoms with van der Waals surface area (Å²) in [5, 5.41) is 12.8. The molecule has 1 aliphatic heterocycles. The number of nitrogens with zero attached hydrogens (tertiary/aromatic N) is 2. The zero-order valence-corrected chi connectivity index (χ0v) is 17.9. The summed E-state index contributed by atoms with van der Waals surface area (Å²) in [6.07, 6.45) is -0.0601. The first-order valence-corrected chi connectivity index (χ1v) is 10.1. The summed E-state index contributed by atoms with van der Waals surface area (Å²) >= 11 is 0. The number of aromatic nitrogens is 2. The zero-order chi connectivity index (χ0) is 22.8. The van der Waals surface area contributed by atoms with Crippen LogP contribution in [-0.4, -0.2) is 34.6 Å². The predicted octanol–water partition coefficient (Wildman–Crippen LogP) is 3.35. The number of fused-ring (bicyclic) bond motifs is 1. The maximum Gasteiger partial charge on any atom is 0.251 e. The summed E-state index contributed by atoms with van der Waals surface area (Å²) in [6.45, 7) is 3.29. The molecular formula is C23H23N5O4. The van der Waals surface area contributed by atoms with E-state index in [1.165, 1.54) is 6.92 Å². The van der Waals surface area contributed by atoms with Crippen LogP contribution in [0.5, 0.6) is 5.75 Å². The highest BCUT2D eigenvalue weighted by Crippen LogP contribution is 2.38. The third-order valence-corrected chi connectivity index (χ3v) is 5.17. The molecule has 0 radical (unpaired) electrons. The molecule has 1 unspecified atom stereocenters. The lowest BCUT2D eigenvalue weighted by atomic mass is 10.1. The van der Waals surface area contributed by atoms with Crippen LogP contribution in [0.25, 0.3) is 11.1 Å². The highest BCUT2D eigenvalue weighted by atomic mass is 16.5. The van der Waals surface area contributed by atoms with Crippen LogP contribution < -0.4 is 20.7 Å². The van der Waals surface area contributed by atoms with Crippen LogP contribution in [0.4, 0.5) is 17.2 Å². The Bertz CT molecular complexity index is 1180. The van der Waals surface area contributed by atoms with Gasteiger partial charge in [-0.3, -0.25) is 14.4 Å². The fraction of sp³-hybridized carbons (Fsp3) is 0.217. The second-order valence-corrected chi connectivity index (χ2v) is 7.50. The predicted molar refractivity (Wildman–Crippen MR) is 121 cm³/mol. The van der Waals surface area contributed by atoms with Crippen molar-refractivity contribution in [2.45, 2.75) is 26.3 Å². The van der Waals surface area contributed by atoms with Crippen LogP contribution in [0, 0.1) is 6.92 Å². The number of carbonyl (C=O) groups excluding carboxylic acids is 3. The first-order chi connectivity index (χ1) is 15.4. The van der Waals surface area contributed by atoms with Crippen molar-refractivity contribution in [3.63, 3.8) is 0 Å². The van der Waals surface area contributed by atoms with Gasteiger partial charge in [0.05, 0.1) is 19.2 Å². The summed E-state index contributed by atoms with van der Waals surface area (Å²) in [5.41, 5.74) is 3.67. The Morgan fingerprint density at radius 3 is 2.28 bits per heavy atom. The summed E-state index contributed by atoms with van der Waals surface area (Å²) < 4.78 is 6.79. The smallest absolute Gasteiger partial charge is 0.251 e. The van der Waals surface area contributed by atoms with Gasteiger partial charge in [-0.15, -0.1) is 0 Å². The van der Waals surface area contributed by atoms with E-state index in [-0.39, 0.29) is 24.1 Å². The van der Waals surface area contributed by atoms with Crippen LogP contribution in [-0.2, 0) is 14.4 Å². The second kappa shape index (κ2) is 8.54. The fourth-order valence-electron chi connectivity index (χ4n) is 3.71. The SMILES string of the molecule is COc1ccc(-c2c(C)nn3c2NC(=O)C3CC(=O)Nc2ccc(NC(C)=O)cc2)cc1. The molecule has 0 saturated heterocycles. The first kappa shape index (κ1) is 21.1. The third-order valence-electron chi connectivity index (χ3n) is 5.17. The molecule has 3 aromatic rings. The quantitative estimate of drug-likeness (QED) is 0.552. The molecule has 9 nitrogen and oxygen atoms in total. The summed E-state index contributed by atoms with van der Waals surface area (Å²) in [4.78, 5) is 36.3. The summed E-state index contributed by atoms with van der Waals surface area (Å²) in [6, 6.07) is 13.5. The molecule has 4 rings (SSSR count). The standard InChI is InChI=1S/C23H23N5O4/c1-13-21(15-4-10-18(32-3)11-5-15)22-26-23(31)19(28(22)27-13)12-20(30)25-17-8-6-16(7-9-17)24-14(2)29/h4-11,19H,12H2,1-3H3,(H,24,29)(H,25,30)(H,26,31). The van der Waals surface area contributed by atoms with Crippen LogP contribution in [0.2, 0.25) is 0 Å². The molecule has 0 spiro atoms. The van der Waals surface area contributed by atoms with Crippen molar-refractivity contribution in [3.05, 3.63) is 54.2 Å². The molecule has 1 atom stereocenters. The first-order valence-electron chi connectivity index (χ1n) is 10.1. The molecule has 3 N–H and O–H groups in total. The van der Waals surface area contributed by atoms with E-state index in [0.29, 0.717) is 17.2 Å². The topological polar surface area (TPSA) is 114 Å². The molecule has 3 amide bonds.